The second-order valence-corrected chi connectivity index (χ2v) is 7.15. The first kappa shape index (κ1) is 19.0. The van der Waals surface area contributed by atoms with Gasteiger partial charge in [-0.1, -0.05) is 35.9 Å². The molecule has 0 saturated carbocycles. The summed E-state index contributed by atoms with van der Waals surface area (Å²) in [6.45, 7) is 4.88. The largest absolute Gasteiger partial charge is 0.490 e. The van der Waals surface area contributed by atoms with Crippen molar-refractivity contribution in [3.63, 3.8) is 0 Å². The Morgan fingerprint density at radius 1 is 1.04 bits per heavy atom. The monoisotopic (exact) mass is 383 g/mol. The van der Waals surface area contributed by atoms with Gasteiger partial charge in [-0.25, -0.2) is 0 Å². The van der Waals surface area contributed by atoms with Gasteiger partial charge in [0.2, 0.25) is 0 Å². The fourth-order valence-corrected chi connectivity index (χ4v) is 3.37. The molecule has 2 amide bonds. The first-order chi connectivity index (χ1) is 13.0. The van der Waals surface area contributed by atoms with Crippen molar-refractivity contribution in [3.8, 4) is 11.5 Å². The summed E-state index contributed by atoms with van der Waals surface area (Å²) in [5.41, 5.74) is 3.05. The summed E-state index contributed by atoms with van der Waals surface area (Å²) in [6, 6.07) is 13.6. The quantitative estimate of drug-likeness (QED) is 0.680. The third-order valence-electron chi connectivity index (χ3n) is 4.07. The number of likely N-dealkylation sites (N-methyl/N-ethyl adjacent to an activating group) is 1. The molecule has 0 bridgehead atoms. The van der Waals surface area contributed by atoms with E-state index in [1.807, 2.05) is 56.3 Å². The maximum Gasteiger partial charge on any atom is 0.293 e. The number of benzene rings is 2. The standard InChI is InChI=1S/C21H21NO4S/c1-4-25-18-11-16(12-19-20(23)22(3)21(24)27-19)9-10-17(18)26-13-15-7-5-14(2)6-8-15/h5-12H,4,13H2,1-3H3/b19-12+. The van der Waals surface area contributed by atoms with Crippen molar-refractivity contribution in [1.82, 2.24) is 4.90 Å². The summed E-state index contributed by atoms with van der Waals surface area (Å²) < 4.78 is 11.6. The molecule has 140 valence electrons. The van der Waals surface area contributed by atoms with E-state index in [0.29, 0.717) is 29.6 Å². The number of thioether (sulfide) groups is 1. The minimum Gasteiger partial charge on any atom is -0.490 e. The summed E-state index contributed by atoms with van der Waals surface area (Å²) in [4.78, 5) is 25.2. The highest BCUT2D eigenvalue weighted by Gasteiger charge is 2.31. The van der Waals surface area contributed by atoms with Crippen LogP contribution in [0.15, 0.2) is 47.4 Å². The van der Waals surface area contributed by atoms with E-state index < -0.39 is 0 Å². The Morgan fingerprint density at radius 3 is 2.41 bits per heavy atom. The van der Waals surface area contributed by atoms with Crippen LogP contribution in [0.5, 0.6) is 11.5 Å². The molecule has 27 heavy (non-hydrogen) atoms. The number of ether oxygens (including phenoxy) is 2. The van der Waals surface area contributed by atoms with Gasteiger partial charge in [-0.15, -0.1) is 0 Å². The van der Waals surface area contributed by atoms with Gasteiger partial charge in [0.25, 0.3) is 11.1 Å². The van der Waals surface area contributed by atoms with Gasteiger partial charge in [0, 0.05) is 7.05 Å². The molecule has 1 heterocycles. The molecule has 0 aliphatic carbocycles. The molecule has 0 spiro atoms. The lowest BCUT2D eigenvalue weighted by Crippen LogP contribution is -2.22. The zero-order chi connectivity index (χ0) is 19.4. The fourth-order valence-electron chi connectivity index (χ4n) is 2.54. The summed E-state index contributed by atoms with van der Waals surface area (Å²) in [5, 5.41) is -0.269. The molecule has 2 aromatic rings. The maximum atomic E-state index is 12.0. The van der Waals surface area contributed by atoms with E-state index in [2.05, 4.69) is 0 Å². The minimum absolute atomic E-state index is 0.269. The lowest BCUT2D eigenvalue weighted by molar-refractivity contribution is -0.121. The van der Waals surface area contributed by atoms with E-state index >= 15 is 0 Å². The van der Waals surface area contributed by atoms with Crippen LogP contribution in [0.25, 0.3) is 6.08 Å². The number of carbonyl (C=O) groups is 2. The van der Waals surface area contributed by atoms with Crippen LogP contribution in [0.2, 0.25) is 0 Å². The van der Waals surface area contributed by atoms with Crippen molar-refractivity contribution in [1.29, 1.82) is 0 Å². The summed E-state index contributed by atoms with van der Waals surface area (Å²) in [7, 11) is 1.48. The van der Waals surface area contributed by atoms with Gasteiger partial charge in [0.15, 0.2) is 11.5 Å². The zero-order valence-corrected chi connectivity index (χ0v) is 16.3. The van der Waals surface area contributed by atoms with Crippen LogP contribution in [0.4, 0.5) is 4.79 Å². The second-order valence-electron chi connectivity index (χ2n) is 6.15. The molecule has 0 radical (unpaired) electrons. The number of amides is 2. The lowest BCUT2D eigenvalue weighted by Gasteiger charge is -2.13. The van der Waals surface area contributed by atoms with E-state index in [-0.39, 0.29) is 11.1 Å². The first-order valence-corrected chi connectivity index (χ1v) is 9.46. The number of hydrogen-bond acceptors (Lipinski definition) is 5. The normalized spacial score (nSPS) is 15.5. The van der Waals surface area contributed by atoms with Gasteiger partial charge in [-0.2, -0.15) is 0 Å². The van der Waals surface area contributed by atoms with Crippen LogP contribution >= 0.6 is 11.8 Å². The molecule has 3 rings (SSSR count). The van der Waals surface area contributed by atoms with E-state index in [1.54, 1.807) is 6.08 Å². The molecule has 0 aromatic heterocycles. The molecular formula is C21H21NO4S. The molecular weight excluding hydrogens is 362 g/mol. The highest BCUT2D eigenvalue weighted by molar-refractivity contribution is 8.18. The SMILES string of the molecule is CCOc1cc(/C=C2/SC(=O)N(C)C2=O)ccc1OCc1ccc(C)cc1. The van der Waals surface area contributed by atoms with Crippen LogP contribution in [-0.4, -0.2) is 29.7 Å². The van der Waals surface area contributed by atoms with Crippen LogP contribution in [0.3, 0.4) is 0 Å². The van der Waals surface area contributed by atoms with Gasteiger partial charge in [-0.3, -0.25) is 14.5 Å². The van der Waals surface area contributed by atoms with Crippen molar-refractivity contribution >= 4 is 29.0 Å². The van der Waals surface area contributed by atoms with Crippen LogP contribution in [0, 0.1) is 6.92 Å². The predicted octanol–water partition coefficient (Wildman–Crippen LogP) is 4.64. The van der Waals surface area contributed by atoms with E-state index in [9.17, 15) is 9.59 Å². The fraction of sp³-hybridized carbons (Fsp3) is 0.238. The lowest BCUT2D eigenvalue weighted by atomic mass is 10.1. The Bertz CT molecular complexity index is 890. The molecule has 0 N–H and O–H groups in total. The van der Waals surface area contributed by atoms with Gasteiger partial charge < -0.3 is 9.47 Å². The maximum absolute atomic E-state index is 12.0. The molecule has 0 unspecified atom stereocenters. The van der Waals surface area contributed by atoms with Crippen LogP contribution in [-0.2, 0) is 11.4 Å². The predicted molar refractivity (Wildman–Crippen MR) is 107 cm³/mol. The van der Waals surface area contributed by atoms with Crippen LogP contribution < -0.4 is 9.47 Å². The second kappa shape index (κ2) is 8.31. The van der Waals surface area contributed by atoms with Crippen molar-refractivity contribution in [2.75, 3.05) is 13.7 Å². The molecule has 2 aromatic carbocycles. The van der Waals surface area contributed by atoms with E-state index in [1.165, 1.54) is 12.6 Å². The molecule has 1 fully saturated rings. The van der Waals surface area contributed by atoms with Gasteiger partial charge >= 0.3 is 0 Å². The topological polar surface area (TPSA) is 55.8 Å². The Morgan fingerprint density at radius 2 is 1.78 bits per heavy atom. The Labute approximate surface area is 163 Å². The van der Waals surface area contributed by atoms with E-state index in [0.717, 1.165) is 27.8 Å². The zero-order valence-electron chi connectivity index (χ0n) is 15.5. The van der Waals surface area contributed by atoms with Gasteiger partial charge in [0.1, 0.15) is 6.61 Å². The van der Waals surface area contributed by atoms with Crippen molar-refractivity contribution in [2.45, 2.75) is 20.5 Å². The third-order valence-corrected chi connectivity index (χ3v) is 5.03. The summed E-state index contributed by atoms with van der Waals surface area (Å²) in [5.74, 6) is 0.954. The average Bonchev–Trinajstić information content (AvgIpc) is 2.89. The van der Waals surface area contributed by atoms with Gasteiger partial charge in [0.05, 0.1) is 11.5 Å². The van der Waals surface area contributed by atoms with E-state index in [4.69, 9.17) is 9.47 Å². The minimum atomic E-state index is -0.289. The first-order valence-electron chi connectivity index (χ1n) is 8.64. The molecule has 6 heteroatoms. The Kier molecular flexibility index (Phi) is 5.86. The molecule has 5 nitrogen and oxygen atoms in total. The number of carbonyl (C=O) groups excluding carboxylic acids is 2. The average molecular weight is 383 g/mol. The third kappa shape index (κ3) is 4.52. The molecule has 1 aliphatic rings. The number of rotatable bonds is 6. The van der Waals surface area contributed by atoms with Crippen molar-refractivity contribution in [2.24, 2.45) is 0 Å². The number of nitrogens with zero attached hydrogens (tertiary/aromatic N) is 1. The van der Waals surface area contributed by atoms with Gasteiger partial charge in [-0.05, 0) is 54.9 Å². The smallest absolute Gasteiger partial charge is 0.293 e. The Balaban J connectivity index is 1.79. The summed E-state index contributed by atoms with van der Waals surface area (Å²) >= 11 is 0.935. The molecule has 1 aliphatic heterocycles. The number of aryl methyl sites for hydroxylation is 1. The summed E-state index contributed by atoms with van der Waals surface area (Å²) in [6.07, 6.45) is 1.70. The number of imide groups is 1. The van der Waals surface area contributed by atoms with Crippen molar-refractivity contribution in [3.05, 3.63) is 64.1 Å². The highest BCUT2D eigenvalue weighted by atomic mass is 32.2. The van der Waals surface area contributed by atoms with Crippen LogP contribution in [0.1, 0.15) is 23.6 Å². The van der Waals surface area contributed by atoms with Crippen molar-refractivity contribution < 1.29 is 19.1 Å². The number of hydrogen-bond donors (Lipinski definition) is 0. The Hall–Kier alpha value is -2.73. The highest BCUT2D eigenvalue weighted by Crippen LogP contribution is 2.34. The molecule has 0 atom stereocenters. The molecule has 1 saturated heterocycles.